The first kappa shape index (κ1) is 19.3. The van der Waals surface area contributed by atoms with Crippen LogP contribution >= 0.6 is 23.2 Å². The molecule has 0 amide bonds. The van der Waals surface area contributed by atoms with Gasteiger partial charge in [-0.1, -0.05) is 29.3 Å². The Labute approximate surface area is 165 Å². The first-order valence-electron chi connectivity index (χ1n) is 8.18. The van der Waals surface area contributed by atoms with Gasteiger partial charge in [-0.25, -0.2) is 8.78 Å². The Morgan fingerprint density at radius 2 is 1.44 bits per heavy atom. The van der Waals surface area contributed by atoms with Gasteiger partial charge in [-0.3, -0.25) is 4.79 Å². The minimum absolute atomic E-state index is 0.0982. The lowest BCUT2D eigenvalue weighted by molar-refractivity contribution is 0.0976. The van der Waals surface area contributed by atoms with Crippen molar-refractivity contribution in [2.24, 2.45) is 0 Å². The third-order valence-corrected chi connectivity index (χ3v) is 4.83. The summed E-state index contributed by atoms with van der Waals surface area (Å²) in [6.07, 6.45) is 0.0982. The molecule has 3 rings (SSSR count). The molecule has 0 spiro atoms. The molecule has 1 N–H and O–H groups in total. The van der Waals surface area contributed by atoms with E-state index in [2.05, 4.69) is 5.32 Å². The Kier molecular flexibility index (Phi) is 6.09. The number of carbonyl (C=O) groups is 1. The van der Waals surface area contributed by atoms with Gasteiger partial charge in [0.2, 0.25) is 0 Å². The van der Waals surface area contributed by atoms with Crippen LogP contribution in [0, 0.1) is 11.6 Å². The normalized spacial score (nSPS) is 11.9. The smallest absolute Gasteiger partial charge is 0.165 e. The van der Waals surface area contributed by atoms with Crippen LogP contribution in [0.4, 0.5) is 14.5 Å². The van der Waals surface area contributed by atoms with E-state index in [1.165, 1.54) is 36.4 Å². The molecule has 3 aromatic carbocycles. The van der Waals surface area contributed by atoms with E-state index in [1.54, 1.807) is 30.3 Å². The average molecular weight is 406 g/mol. The van der Waals surface area contributed by atoms with Crippen molar-refractivity contribution in [1.82, 2.24) is 0 Å². The van der Waals surface area contributed by atoms with Crippen molar-refractivity contribution in [2.45, 2.75) is 12.5 Å². The molecule has 6 heteroatoms. The number of ketones is 1. The van der Waals surface area contributed by atoms with Crippen LogP contribution in [0.2, 0.25) is 10.0 Å². The van der Waals surface area contributed by atoms with Gasteiger partial charge in [0.05, 0.1) is 16.1 Å². The number of benzene rings is 3. The Bertz CT molecular complexity index is 943. The van der Waals surface area contributed by atoms with Gasteiger partial charge in [0, 0.05) is 17.7 Å². The largest absolute Gasteiger partial charge is 0.378 e. The highest BCUT2D eigenvalue weighted by atomic mass is 35.5. The fraction of sp³-hybridized carbons (Fsp3) is 0.0952. The molecule has 0 heterocycles. The van der Waals surface area contributed by atoms with Gasteiger partial charge < -0.3 is 5.32 Å². The third-order valence-electron chi connectivity index (χ3n) is 4.09. The van der Waals surface area contributed by atoms with Crippen LogP contribution < -0.4 is 5.32 Å². The molecule has 0 aliphatic carbocycles. The number of nitrogens with one attached hydrogen (secondary N) is 1. The van der Waals surface area contributed by atoms with Crippen LogP contribution in [0.15, 0.2) is 66.7 Å². The lowest BCUT2D eigenvalue weighted by Gasteiger charge is -2.20. The Balaban J connectivity index is 1.88. The quantitative estimate of drug-likeness (QED) is 0.462. The summed E-state index contributed by atoms with van der Waals surface area (Å²) >= 11 is 12.1. The second kappa shape index (κ2) is 8.51. The Morgan fingerprint density at radius 1 is 0.852 bits per heavy atom. The van der Waals surface area contributed by atoms with Crippen LogP contribution in [-0.4, -0.2) is 5.78 Å². The molecule has 138 valence electrons. The van der Waals surface area contributed by atoms with Gasteiger partial charge >= 0.3 is 0 Å². The molecule has 0 saturated heterocycles. The molecular formula is C21H15Cl2F2NO. The van der Waals surface area contributed by atoms with Gasteiger partial charge in [-0.05, 0) is 66.2 Å². The minimum Gasteiger partial charge on any atom is -0.378 e. The van der Waals surface area contributed by atoms with Crippen molar-refractivity contribution in [3.05, 3.63) is 99.5 Å². The van der Waals surface area contributed by atoms with E-state index in [4.69, 9.17) is 23.2 Å². The second-order valence-electron chi connectivity index (χ2n) is 6.01. The number of anilines is 1. The van der Waals surface area contributed by atoms with Crippen molar-refractivity contribution < 1.29 is 13.6 Å². The van der Waals surface area contributed by atoms with Gasteiger partial charge in [-0.2, -0.15) is 0 Å². The topological polar surface area (TPSA) is 29.1 Å². The average Bonchev–Trinajstić information content (AvgIpc) is 2.65. The van der Waals surface area contributed by atoms with Crippen molar-refractivity contribution in [3.8, 4) is 0 Å². The predicted molar refractivity (Wildman–Crippen MR) is 105 cm³/mol. The van der Waals surface area contributed by atoms with E-state index in [0.717, 1.165) is 5.56 Å². The zero-order valence-electron chi connectivity index (χ0n) is 14.1. The highest BCUT2D eigenvalue weighted by Crippen LogP contribution is 2.30. The summed E-state index contributed by atoms with van der Waals surface area (Å²) < 4.78 is 26.3. The summed E-state index contributed by atoms with van der Waals surface area (Å²) in [5, 5.41) is 4.00. The van der Waals surface area contributed by atoms with Crippen molar-refractivity contribution >= 4 is 34.7 Å². The van der Waals surface area contributed by atoms with Crippen LogP contribution in [-0.2, 0) is 0 Å². The lowest BCUT2D eigenvalue weighted by Crippen LogP contribution is -2.16. The number of hydrogen-bond acceptors (Lipinski definition) is 2. The molecule has 3 aromatic rings. The van der Waals surface area contributed by atoms with Crippen LogP contribution in [0.3, 0.4) is 0 Å². The SMILES string of the molecule is O=C(CC(Nc1ccc(F)cc1)c1ccc(Cl)c(Cl)c1)c1ccc(F)cc1. The summed E-state index contributed by atoms with van der Waals surface area (Å²) in [5.41, 5.74) is 1.81. The highest BCUT2D eigenvalue weighted by molar-refractivity contribution is 6.42. The molecule has 0 aromatic heterocycles. The number of hydrogen-bond donors (Lipinski definition) is 1. The number of Topliss-reactive ketones (excluding diaryl/α,β-unsaturated/α-hetero) is 1. The van der Waals surface area contributed by atoms with Gasteiger partial charge in [-0.15, -0.1) is 0 Å². The van der Waals surface area contributed by atoms with E-state index in [-0.39, 0.29) is 18.0 Å². The first-order valence-corrected chi connectivity index (χ1v) is 8.94. The summed E-state index contributed by atoms with van der Waals surface area (Å²) in [6, 6.07) is 15.9. The molecule has 0 saturated carbocycles. The zero-order chi connectivity index (χ0) is 19.4. The molecule has 27 heavy (non-hydrogen) atoms. The van der Waals surface area contributed by atoms with E-state index >= 15 is 0 Å². The van der Waals surface area contributed by atoms with Gasteiger partial charge in [0.25, 0.3) is 0 Å². The van der Waals surface area contributed by atoms with Crippen LogP contribution in [0.25, 0.3) is 0 Å². The molecule has 1 unspecified atom stereocenters. The van der Waals surface area contributed by atoms with E-state index in [0.29, 0.717) is 21.3 Å². The fourth-order valence-corrected chi connectivity index (χ4v) is 2.97. The van der Waals surface area contributed by atoms with Crippen molar-refractivity contribution in [1.29, 1.82) is 0 Å². The fourth-order valence-electron chi connectivity index (χ4n) is 2.67. The third kappa shape index (κ3) is 5.06. The Hall–Kier alpha value is -2.43. The second-order valence-corrected chi connectivity index (χ2v) is 6.83. The molecule has 1 atom stereocenters. The van der Waals surface area contributed by atoms with Crippen molar-refractivity contribution in [2.75, 3.05) is 5.32 Å². The van der Waals surface area contributed by atoms with Crippen LogP contribution in [0.5, 0.6) is 0 Å². The summed E-state index contributed by atoms with van der Waals surface area (Å²) in [6.45, 7) is 0. The number of carbonyl (C=O) groups excluding carboxylic acids is 1. The molecular weight excluding hydrogens is 391 g/mol. The van der Waals surface area contributed by atoms with E-state index in [1.807, 2.05) is 0 Å². The maximum Gasteiger partial charge on any atom is 0.165 e. The maximum atomic E-state index is 13.2. The summed E-state index contributed by atoms with van der Waals surface area (Å²) in [4.78, 5) is 12.7. The standard InChI is InChI=1S/C21H15Cl2F2NO/c22-18-10-3-14(11-19(18)23)20(26-17-8-6-16(25)7-9-17)12-21(27)13-1-4-15(24)5-2-13/h1-11,20,26H,12H2. The maximum absolute atomic E-state index is 13.2. The molecule has 0 bridgehead atoms. The van der Waals surface area contributed by atoms with Crippen molar-refractivity contribution in [3.63, 3.8) is 0 Å². The summed E-state index contributed by atoms with van der Waals surface area (Å²) in [7, 11) is 0. The molecule has 0 radical (unpaired) electrons. The van der Waals surface area contributed by atoms with Gasteiger partial charge in [0.15, 0.2) is 5.78 Å². The Morgan fingerprint density at radius 3 is 2.04 bits per heavy atom. The van der Waals surface area contributed by atoms with E-state index < -0.39 is 11.9 Å². The highest BCUT2D eigenvalue weighted by Gasteiger charge is 2.18. The van der Waals surface area contributed by atoms with Gasteiger partial charge in [0.1, 0.15) is 11.6 Å². The lowest BCUT2D eigenvalue weighted by atomic mass is 9.97. The monoisotopic (exact) mass is 405 g/mol. The number of rotatable bonds is 6. The minimum atomic E-state index is -0.428. The predicted octanol–water partition coefficient (Wildman–Crippen LogP) is 6.70. The van der Waals surface area contributed by atoms with E-state index in [9.17, 15) is 13.6 Å². The zero-order valence-corrected chi connectivity index (χ0v) is 15.6. The molecule has 0 aliphatic heterocycles. The molecule has 0 fully saturated rings. The first-order chi connectivity index (χ1) is 12.9. The van der Waals surface area contributed by atoms with Crippen LogP contribution in [0.1, 0.15) is 28.4 Å². The summed E-state index contributed by atoms with van der Waals surface area (Å²) in [5.74, 6) is -0.924. The molecule has 2 nitrogen and oxygen atoms in total. The molecule has 0 aliphatic rings. The number of halogens is 4.